The minimum absolute atomic E-state index is 0.0122. The molecule has 2 rings (SSSR count). The first-order valence-corrected chi connectivity index (χ1v) is 6.89. The van der Waals surface area contributed by atoms with Crippen LogP contribution in [-0.2, 0) is 4.79 Å². The second-order valence-corrected chi connectivity index (χ2v) is 6.00. The van der Waals surface area contributed by atoms with Crippen LogP contribution in [0.1, 0.15) is 30.4 Å². The van der Waals surface area contributed by atoms with Gasteiger partial charge < -0.3 is 5.11 Å². The Morgan fingerprint density at radius 2 is 2.28 bits per heavy atom. The van der Waals surface area contributed by atoms with Gasteiger partial charge in [-0.15, -0.1) is 11.8 Å². The molecule has 0 heterocycles. The first kappa shape index (κ1) is 13.0. The fourth-order valence-electron chi connectivity index (χ4n) is 1.96. The van der Waals surface area contributed by atoms with Gasteiger partial charge in [-0.1, -0.05) is 0 Å². The molecule has 1 aromatic carbocycles. The van der Waals surface area contributed by atoms with Crippen LogP contribution in [0.4, 0.5) is 0 Å². The fourth-order valence-corrected chi connectivity index (χ4v) is 3.25. The number of aliphatic carboxylic acids is 1. The zero-order valence-corrected chi connectivity index (χ0v) is 11.1. The van der Waals surface area contributed by atoms with Gasteiger partial charge in [-0.2, -0.15) is 5.26 Å². The maximum atomic E-state index is 10.8. The van der Waals surface area contributed by atoms with Crippen molar-refractivity contribution < 1.29 is 9.90 Å². The van der Waals surface area contributed by atoms with E-state index in [0.717, 1.165) is 29.1 Å². The maximum absolute atomic E-state index is 10.8. The summed E-state index contributed by atoms with van der Waals surface area (Å²) >= 11 is 1.69. The number of carbonyl (C=O) groups is 1. The number of nitrogens with zero attached hydrogens (tertiary/aromatic N) is 1. The third-order valence-electron chi connectivity index (χ3n) is 3.35. The van der Waals surface area contributed by atoms with Crippen molar-refractivity contribution in [3.8, 4) is 6.07 Å². The molecule has 0 aromatic heterocycles. The van der Waals surface area contributed by atoms with E-state index in [1.165, 1.54) is 0 Å². The van der Waals surface area contributed by atoms with E-state index in [1.54, 1.807) is 11.8 Å². The van der Waals surface area contributed by atoms with Gasteiger partial charge in [0.25, 0.3) is 0 Å². The Hall–Kier alpha value is -1.47. The van der Waals surface area contributed by atoms with E-state index < -0.39 is 5.97 Å². The van der Waals surface area contributed by atoms with E-state index in [1.807, 2.05) is 25.1 Å². The van der Waals surface area contributed by atoms with Crippen LogP contribution in [0.5, 0.6) is 0 Å². The Morgan fingerprint density at radius 1 is 1.56 bits per heavy atom. The van der Waals surface area contributed by atoms with Crippen LogP contribution in [0.3, 0.4) is 0 Å². The molecule has 1 saturated carbocycles. The second kappa shape index (κ2) is 5.03. The lowest BCUT2D eigenvalue weighted by atomic mass is 10.1. The maximum Gasteiger partial charge on any atom is 0.303 e. The molecule has 1 fully saturated rings. The van der Waals surface area contributed by atoms with Crippen molar-refractivity contribution in [2.75, 3.05) is 5.75 Å². The van der Waals surface area contributed by atoms with Crippen LogP contribution in [-0.4, -0.2) is 16.8 Å². The van der Waals surface area contributed by atoms with Crippen molar-refractivity contribution in [2.24, 2.45) is 5.41 Å². The molecular weight excluding hydrogens is 246 g/mol. The molecule has 1 aliphatic carbocycles. The minimum atomic E-state index is -0.705. The molecule has 0 radical (unpaired) electrons. The largest absolute Gasteiger partial charge is 0.481 e. The van der Waals surface area contributed by atoms with Crippen LogP contribution in [0.15, 0.2) is 23.1 Å². The summed E-state index contributed by atoms with van der Waals surface area (Å²) < 4.78 is 0. The third kappa shape index (κ3) is 3.05. The Kier molecular flexibility index (Phi) is 3.63. The Labute approximate surface area is 111 Å². The molecule has 0 aliphatic heterocycles. The van der Waals surface area contributed by atoms with Crippen LogP contribution < -0.4 is 0 Å². The third-order valence-corrected chi connectivity index (χ3v) is 4.69. The molecule has 0 saturated heterocycles. The lowest BCUT2D eigenvalue weighted by Crippen LogP contribution is -2.10. The standard InChI is InChI=1S/C14H15NO2S/c1-10-6-12(3-2-11(10)8-15)18-9-14(4-5-14)7-13(16)17/h2-3,6H,4-5,7,9H2,1H3,(H,16,17). The van der Waals surface area contributed by atoms with Gasteiger partial charge in [0.15, 0.2) is 0 Å². The van der Waals surface area contributed by atoms with Crippen LogP contribution >= 0.6 is 11.8 Å². The number of nitriles is 1. The fraction of sp³-hybridized carbons (Fsp3) is 0.429. The van der Waals surface area contributed by atoms with Crippen molar-refractivity contribution >= 4 is 17.7 Å². The zero-order valence-electron chi connectivity index (χ0n) is 10.3. The van der Waals surface area contributed by atoms with Gasteiger partial charge in [-0.05, 0) is 48.9 Å². The van der Waals surface area contributed by atoms with Crippen LogP contribution in [0, 0.1) is 23.7 Å². The first-order valence-electron chi connectivity index (χ1n) is 5.90. The van der Waals surface area contributed by atoms with Gasteiger partial charge in [0.1, 0.15) is 0 Å². The molecule has 18 heavy (non-hydrogen) atoms. The second-order valence-electron chi connectivity index (χ2n) is 4.95. The summed E-state index contributed by atoms with van der Waals surface area (Å²) in [6.45, 7) is 1.92. The highest BCUT2D eigenvalue weighted by Gasteiger charge is 2.44. The Balaban J connectivity index is 1.97. The Morgan fingerprint density at radius 3 is 2.78 bits per heavy atom. The van der Waals surface area contributed by atoms with Crippen LogP contribution in [0.2, 0.25) is 0 Å². The number of carboxylic acid groups (broad SMARTS) is 1. The molecular formula is C14H15NO2S. The molecule has 1 aliphatic rings. The summed E-state index contributed by atoms with van der Waals surface area (Å²) in [5.74, 6) is 0.147. The zero-order chi connectivity index (χ0) is 13.2. The van der Waals surface area contributed by atoms with Gasteiger partial charge in [0, 0.05) is 10.6 Å². The SMILES string of the molecule is Cc1cc(SCC2(CC(=O)O)CC2)ccc1C#N. The molecule has 3 nitrogen and oxygen atoms in total. The summed E-state index contributed by atoms with van der Waals surface area (Å²) in [5, 5.41) is 17.7. The highest BCUT2D eigenvalue weighted by molar-refractivity contribution is 7.99. The van der Waals surface area contributed by atoms with Crippen molar-refractivity contribution in [3.05, 3.63) is 29.3 Å². The molecule has 0 spiro atoms. The normalized spacial score (nSPS) is 16.0. The molecule has 0 unspecified atom stereocenters. The number of thioether (sulfide) groups is 1. The molecule has 0 atom stereocenters. The van der Waals surface area contributed by atoms with Crippen molar-refractivity contribution in [2.45, 2.75) is 31.1 Å². The van der Waals surface area contributed by atoms with Crippen molar-refractivity contribution in [3.63, 3.8) is 0 Å². The summed E-state index contributed by atoms with van der Waals surface area (Å²) in [6.07, 6.45) is 2.30. The quantitative estimate of drug-likeness (QED) is 0.827. The van der Waals surface area contributed by atoms with Gasteiger partial charge in [-0.25, -0.2) is 0 Å². The lowest BCUT2D eigenvalue weighted by molar-refractivity contribution is -0.138. The minimum Gasteiger partial charge on any atom is -0.481 e. The van der Waals surface area contributed by atoms with Gasteiger partial charge in [0.2, 0.25) is 0 Å². The van der Waals surface area contributed by atoms with Crippen LogP contribution in [0.25, 0.3) is 0 Å². The number of rotatable bonds is 5. The number of hydrogen-bond donors (Lipinski definition) is 1. The molecule has 1 N–H and O–H groups in total. The first-order chi connectivity index (χ1) is 8.54. The van der Waals surface area contributed by atoms with Crippen molar-refractivity contribution in [1.82, 2.24) is 0 Å². The number of hydrogen-bond acceptors (Lipinski definition) is 3. The Bertz CT molecular complexity index is 515. The van der Waals surface area contributed by atoms with E-state index in [-0.39, 0.29) is 11.8 Å². The van der Waals surface area contributed by atoms with Gasteiger partial charge >= 0.3 is 5.97 Å². The number of carboxylic acids is 1. The smallest absolute Gasteiger partial charge is 0.303 e. The molecule has 1 aromatic rings. The molecule has 4 heteroatoms. The van der Waals surface area contributed by atoms with Gasteiger partial charge in [-0.3, -0.25) is 4.79 Å². The summed E-state index contributed by atoms with van der Waals surface area (Å²) in [7, 11) is 0. The highest BCUT2D eigenvalue weighted by atomic mass is 32.2. The van der Waals surface area contributed by atoms with E-state index in [2.05, 4.69) is 6.07 Å². The predicted molar refractivity (Wildman–Crippen MR) is 70.5 cm³/mol. The molecule has 0 bridgehead atoms. The average molecular weight is 261 g/mol. The summed E-state index contributed by atoms with van der Waals surface area (Å²) in [4.78, 5) is 11.9. The lowest BCUT2D eigenvalue weighted by Gasteiger charge is -2.12. The van der Waals surface area contributed by atoms with E-state index in [4.69, 9.17) is 10.4 Å². The molecule has 94 valence electrons. The summed E-state index contributed by atoms with van der Waals surface area (Å²) in [6, 6.07) is 7.91. The number of benzene rings is 1. The highest BCUT2D eigenvalue weighted by Crippen LogP contribution is 2.51. The van der Waals surface area contributed by atoms with E-state index in [9.17, 15) is 4.79 Å². The predicted octanol–water partition coefficient (Wildman–Crippen LogP) is 3.21. The number of aryl methyl sites for hydroxylation is 1. The average Bonchev–Trinajstić information content (AvgIpc) is 3.06. The van der Waals surface area contributed by atoms with E-state index >= 15 is 0 Å². The van der Waals surface area contributed by atoms with Crippen molar-refractivity contribution in [1.29, 1.82) is 5.26 Å². The summed E-state index contributed by atoms with van der Waals surface area (Å²) in [5.41, 5.74) is 1.69. The van der Waals surface area contributed by atoms with E-state index in [0.29, 0.717) is 5.56 Å². The topological polar surface area (TPSA) is 61.1 Å². The molecule has 0 amide bonds. The van der Waals surface area contributed by atoms with Gasteiger partial charge in [0.05, 0.1) is 18.1 Å². The monoisotopic (exact) mass is 261 g/mol.